The predicted molar refractivity (Wildman–Crippen MR) is 107 cm³/mol. The Balaban J connectivity index is 1.75. The number of amides is 1. The Morgan fingerprint density at radius 1 is 1.21 bits per heavy atom. The predicted octanol–water partition coefficient (Wildman–Crippen LogP) is 5.58. The highest BCUT2D eigenvalue weighted by Gasteiger charge is 2.32. The molecule has 2 heterocycles. The number of rotatable bonds is 3. The van der Waals surface area contributed by atoms with Crippen molar-refractivity contribution in [3.05, 3.63) is 50.2 Å². The van der Waals surface area contributed by atoms with Crippen LogP contribution in [0.15, 0.2) is 28.1 Å². The number of benzene rings is 1. The minimum absolute atomic E-state index is 0.0793. The maximum absolute atomic E-state index is 13.9. The molecule has 1 fully saturated rings. The van der Waals surface area contributed by atoms with Gasteiger partial charge in [-0.2, -0.15) is 13.2 Å². The lowest BCUT2D eigenvalue weighted by Crippen LogP contribution is -2.38. The van der Waals surface area contributed by atoms with E-state index in [0.717, 1.165) is 0 Å². The van der Waals surface area contributed by atoms with Gasteiger partial charge in [-0.15, -0.1) is 11.3 Å². The zero-order valence-electron chi connectivity index (χ0n) is 15.1. The van der Waals surface area contributed by atoms with E-state index in [4.69, 9.17) is 6.57 Å². The first kappa shape index (κ1) is 21.7. The quantitative estimate of drug-likeness (QED) is 0.415. The summed E-state index contributed by atoms with van der Waals surface area (Å²) in [6.45, 7) is 6.99. The minimum Gasteiger partial charge on any atom is -0.337 e. The van der Waals surface area contributed by atoms with Crippen molar-refractivity contribution in [3.63, 3.8) is 0 Å². The van der Waals surface area contributed by atoms with E-state index in [9.17, 15) is 22.4 Å². The summed E-state index contributed by atoms with van der Waals surface area (Å²) < 4.78 is 52.4. The Kier molecular flexibility index (Phi) is 6.61. The molecule has 0 unspecified atom stereocenters. The highest BCUT2D eigenvalue weighted by atomic mass is 79.9. The van der Waals surface area contributed by atoms with Crippen LogP contribution in [0, 0.1) is 12.4 Å². The summed E-state index contributed by atoms with van der Waals surface area (Å²) >= 11 is 4.59. The number of carbonyl (C=O) groups is 1. The number of carbonyl (C=O) groups excluding carboxylic acids is 1. The molecule has 1 amide bonds. The Hall–Kier alpha value is -1.96. The number of hydrogen-bond donors (Lipinski definition) is 0. The summed E-state index contributed by atoms with van der Waals surface area (Å²) in [6, 6.07) is 5.88. The summed E-state index contributed by atoms with van der Waals surface area (Å²) in [4.78, 5) is 19.2. The van der Waals surface area contributed by atoms with Crippen LogP contribution in [0.25, 0.3) is 16.0 Å². The van der Waals surface area contributed by atoms with Crippen molar-refractivity contribution in [3.8, 4) is 11.1 Å². The van der Waals surface area contributed by atoms with Crippen LogP contribution in [0.1, 0.15) is 16.1 Å². The Bertz CT molecular complexity index is 954. The fourth-order valence-electron chi connectivity index (χ4n) is 3.18. The van der Waals surface area contributed by atoms with E-state index in [1.54, 1.807) is 17.0 Å². The monoisotopic (exact) mass is 489 g/mol. The molecule has 0 spiro atoms. The molecule has 1 aromatic carbocycles. The van der Waals surface area contributed by atoms with Crippen LogP contribution in [-0.4, -0.2) is 54.6 Å². The first-order valence-corrected chi connectivity index (χ1v) is 10.3. The molecule has 3 rings (SSSR count). The van der Waals surface area contributed by atoms with Crippen molar-refractivity contribution in [1.29, 1.82) is 0 Å². The molecule has 1 aromatic heterocycles. The molecule has 0 N–H and O–H groups in total. The standard InChI is InChI=1S/C19H16BrF4N3OS/c1-25-15-4-3-12(9-14(15)21)13-10-16(29-17(13)20)18(28)27-6-2-5-26(7-8-27)11-19(22,23)24/h3-4,9-10H,2,5-8,11H2. The molecule has 0 aliphatic carbocycles. The molecular formula is C19H16BrF4N3OS. The molecule has 1 aliphatic rings. The largest absolute Gasteiger partial charge is 0.401 e. The third-order valence-corrected chi connectivity index (χ3v) is 6.38. The van der Waals surface area contributed by atoms with Crippen LogP contribution in [0.4, 0.5) is 23.2 Å². The second-order valence-electron chi connectivity index (χ2n) is 6.61. The van der Waals surface area contributed by atoms with Crippen LogP contribution in [0.5, 0.6) is 0 Å². The van der Waals surface area contributed by atoms with Gasteiger partial charge in [0.05, 0.1) is 21.8 Å². The summed E-state index contributed by atoms with van der Waals surface area (Å²) in [5.41, 5.74) is 1.08. The van der Waals surface area contributed by atoms with Crippen molar-refractivity contribution in [1.82, 2.24) is 9.80 Å². The van der Waals surface area contributed by atoms with E-state index >= 15 is 0 Å². The number of alkyl halides is 3. The van der Waals surface area contributed by atoms with Crippen LogP contribution >= 0.6 is 27.3 Å². The van der Waals surface area contributed by atoms with E-state index in [1.165, 1.54) is 28.4 Å². The van der Waals surface area contributed by atoms with Crippen molar-refractivity contribution in [2.45, 2.75) is 12.6 Å². The summed E-state index contributed by atoms with van der Waals surface area (Å²) in [6.07, 6.45) is -3.80. The number of hydrogen-bond acceptors (Lipinski definition) is 3. The maximum atomic E-state index is 13.9. The molecule has 0 atom stereocenters. The van der Waals surface area contributed by atoms with E-state index < -0.39 is 18.5 Å². The average molecular weight is 490 g/mol. The van der Waals surface area contributed by atoms with Crippen LogP contribution in [0.3, 0.4) is 0 Å². The van der Waals surface area contributed by atoms with Gasteiger partial charge in [0, 0.05) is 31.7 Å². The van der Waals surface area contributed by atoms with Gasteiger partial charge in [-0.05, 0) is 40.0 Å². The lowest BCUT2D eigenvalue weighted by Gasteiger charge is -2.22. The van der Waals surface area contributed by atoms with E-state index in [-0.39, 0.29) is 31.2 Å². The Morgan fingerprint density at radius 3 is 2.62 bits per heavy atom. The summed E-state index contributed by atoms with van der Waals surface area (Å²) in [5.74, 6) is -0.894. The van der Waals surface area contributed by atoms with E-state index in [2.05, 4.69) is 20.8 Å². The average Bonchev–Trinajstić information content (AvgIpc) is 2.89. The van der Waals surface area contributed by atoms with E-state index in [0.29, 0.717) is 32.8 Å². The highest BCUT2D eigenvalue weighted by Crippen LogP contribution is 2.38. The number of nitrogens with zero attached hydrogens (tertiary/aromatic N) is 3. The van der Waals surface area contributed by atoms with Gasteiger partial charge in [0.2, 0.25) is 5.69 Å². The topological polar surface area (TPSA) is 27.9 Å². The smallest absolute Gasteiger partial charge is 0.337 e. The van der Waals surface area contributed by atoms with Crippen LogP contribution in [-0.2, 0) is 0 Å². The molecule has 0 saturated carbocycles. The van der Waals surface area contributed by atoms with Gasteiger partial charge in [0.15, 0.2) is 0 Å². The lowest BCUT2D eigenvalue weighted by molar-refractivity contribution is -0.145. The molecule has 1 aliphatic heterocycles. The third kappa shape index (κ3) is 5.35. The van der Waals surface area contributed by atoms with Gasteiger partial charge < -0.3 is 4.90 Å². The van der Waals surface area contributed by atoms with Gasteiger partial charge in [-0.3, -0.25) is 9.69 Å². The van der Waals surface area contributed by atoms with Crippen molar-refractivity contribution < 1.29 is 22.4 Å². The van der Waals surface area contributed by atoms with Gasteiger partial charge in [0.1, 0.15) is 5.82 Å². The second kappa shape index (κ2) is 8.81. The molecule has 29 heavy (non-hydrogen) atoms. The van der Waals surface area contributed by atoms with Gasteiger partial charge in [-0.1, -0.05) is 12.1 Å². The molecule has 154 valence electrons. The summed E-state index contributed by atoms with van der Waals surface area (Å²) in [7, 11) is 0. The Labute approximate surface area is 177 Å². The van der Waals surface area contributed by atoms with Gasteiger partial charge >= 0.3 is 6.18 Å². The summed E-state index contributed by atoms with van der Waals surface area (Å²) in [5, 5.41) is 0. The normalized spacial score (nSPS) is 15.8. The molecule has 4 nitrogen and oxygen atoms in total. The SMILES string of the molecule is [C-]#[N+]c1ccc(-c2cc(C(=O)N3CCCN(CC(F)(F)F)CC3)sc2Br)cc1F. The molecule has 10 heteroatoms. The first-order valence-electron chi connectivity index (χ1n) is 8.73. The zero-order valence-corrected chi connectivity index (χ0v) is 17.5. The van der Waals surface area contributed by atoms with Crippen molar-refractivity contribution >= 4 is 38.9 Å². The second-order valence-corrected chi connectivity index (χ2v) is 8.98. The van der Waals surface area contributed by atoms with Crippen molar-refractivity contribution in [2.75, 3.05) is 32.7 Å². The van der Waals surface area contributed by atoms with Gasteiger partial charge in [0.25, 0.3) is 5.91 Å². The molecule has 2 aromatic rings. The highest BCUT2D eigenvalue weighted by molar-refractivity contribution is 9.11. The first-order chi connectivity index (χ1) is 13.7. The number of thiophene rings is 1. The van der Waals surface area contributed by atoms with Gasteiger partial charge in [-0.25, -0.2) is 9.24 Å². The van der Waals surface area contributed by atoms with Crippen LogP contribution < -0.4 is 0 Å². The lowest BCUT2D eigenvalue weighted by atomic mass is 10.1. The van der Waals surface area contributed by atoms with E-state index in [1.807, 2.05) is 0 Å². The third-order valence-electron chi connectivity index (χ3n) is 4.56. The molecule has 0 bridgehead atoms. The fraction of sp³-hybridized carbons (Fsp3) is 0.368. The fourth-order valence-corrected chi connectivity index (χ4v) is 4.92. The molecular weight excluding hydrogens is 474 g/mol. The molecule has 0 radical (unpaired) electrons. The molecule has 1 saturated heterocycles. The zero-order chi connectivity index (χ0) is 21.2. The van der Waals surface area contributed by atoms with Crippen molar-refractivity contribution in [2.24, 2.45) is 0 Å². The van der Waals surface area contributed by atoms with Crippen LogP contribution in [0.2, 0.25) is 0 Å². The minimum atomic E-state index is -4.26. The maximum Gasteiger partial charge on any atom is 0.401 e. The number of halogens is 5. The Morgan fingerprint density at radius 2 is 1.97 bits per heavy atom.